The van der Waals surface area contributed by atoms with Crippen molar-refractivity contribution in [2.24, 2.45) is 10.7 Å². The van der Waals surface area contributed by atoms with Gasteiger partial charge in [-0.05, 0) is 12.0 Å². The van der Waals surface area contributed by atoms with Gasteiger partial charge in [-0.1, -0.05) is 30.3 Å². The monoisotopic (exact) mass is 291 g/mol. The smallest absolute Gasteiger partial charge is 0.252 e. The van der Waals surface area contributed by atoms with E-state index in [1.54, 1.807) is 5.55 Å². The van der Waals surface area contributed by atoms with Gasteiger partial charge in [-0.2, -0.15) is 0 Å². The zero-order valence-electron chi connectivity index (χ0n) is 11.0. The predicted octanol–water partition coefficient (Wildman–Crippen LogP) is 0.733. The summed E-state index contributed by atoms with van der Waals surface area (Å²) in [7, 11) is 0. The van der Waals surface area contributed by atoms with E-state index in [1.165, 1.54) is 11.8 Å². The molecule has 0 aliphatic carbocycles. The second kappa shape index (κ2) is 7.21. The second-order valence-electron chi connectivity index (χ2n) is 4.67. The summed E-state index contributed by atoms with van der Waals surface area (Å²) >= 11 is 1.46. The Morgan fingerprint density at radius 3 is 2.80 bits per heavy atom. The number of nitrogens with two attached hydrogens (primary N) is 1. The van der Waals surface area contributed by atoms with Crippen molar-refractivity contribution in [2.75, 3.05) is 5.75 Å². The maximum Gasteiger partial charge on any atom is 0.252 e. The number of thioether (sulfide) groups is 1. The van der Waals surface area contributed by atoms with Crippen molar-refractivity contribution in [1.29, 1.82) is 0 Å². The zero-order valence-corrected chi connectivity index (χ0v) is 11.8. The Hall–Kier alpha value is -1.66. The maximum atomic E-state index is 11.7. The molecule has 106 valence electrons. The van der Waals surface area contributed by atoms with Crippen LogP contribution in [0.5, 0.6) is 0 Å². The Labute approximate surface area is 122 Å². The van der Waals surface area contributed by atoms with Crippen LogP contribution in [0.4, 0.5) is 0 Å². The first-order valence-electron chi connectivity index (χ1n) is 6.41. The van der Waals surface area contributed by atoms with Gasteiger partial charge in [0, 0.05) is 18.2 Å². The first-order chi connectivity index (χ1) is 9.65. The molecular formula is C14H17N3O2S. The number of benzene rings is 1. The molecule has 0 fully saturated rings. The maximum absolute atomic E-state index is 11.7. The van der Waals surface area contributed by atoms with Gasteiger partial charge in [-0.15, -0.1) is 11.8 Å². The first-order valence-corrected chi connectivity index (χ1v) is 7.46. The lowest BCUT2D eigenvalue weighted by molar-refractivity contribution is -0.130. The van der Waals surface area contributed by atoms with Crippen molar-refractivity contribution < 1.29 is 9.59 Å². The third-order valence-corrected chi connectivity index (χ3v) is 3.70. The average Bonchev–Trinajstić information content (AvgIpc) is 2.93. The van der Waals surface area contributed by atoms with Crippen molar-refractivity contribution in [3.05, 3.63) is 35.9 Å². The highest BCUT2D eigenvalue weighted by molar-refractivity contribution is 8.12. The number of nitrogens with zero attached hydrogens (tertiary/aromatic N) is 1. The van der Waals surface area contributed by atoms with Crippen LogP contribution < -0.4 is 11.1 Å². The Balaban J connectivity index is 1.76. The molecule has 0 spiro atoms. The van der Waals surface area contributed by atoms with E-state index in [9.17, 15) is 9.59 Å². The minimum atomic E-state index is -0.450. The van der Waals surface area contributed by atoms with Crippen LogP contribution in [0.3, 0.4) is 0 Å². The molecule has 1 aliphatic rings. The van der Waals surface area contributed by atoms with Gasteiger partial charge in [0.15, 0.2) is 0 Å². The Morgan fingerprint density at radius 2 is 2.15 bits per heavy atom. The van der Waals surface area contributed by atoms with Crippen LogP contribution in [0.1, 0.15) is 12.0 Å². The molecular weight excluding hydrogens is 274 g/mol. The largest absolute Gasteiger partial charge is 0.327 e. The van der Waals surface area contributed by atoms with Crippen LogP contribution in [0, 0.1) is 0 Å². The number of imide groups is 1. The molecule has 0 bridgehead atoms. The Bertz CT molecular complexity index is 504. The van der Waals surface area contributed by atoms with Gasteiger partial charge >= 0.3 is 0 Å². The van der Waals surface area contributed by atoms with E-state index in [-0.39, 0.29) is 24.3 Å². The SMILES string of the molecule is N[C@H](CC(=O)NC(=O)C1CSC=N1)Cc1ccccc1. The van der Waals surface area contributed by atoms with E-state index in [0.29, 0.717) is 12.2 Å². The van der Waals surface area contributed by atoms with Gasteiger partial charge in [-0.25, -0.2) is 0 Å². The van der Waals surface area contributed by atoms with Crippen molar-refractivity contribution in [3.63, 3.8) is 0 Å². The number of carbonyl (C=O) groups is 2. The number of carbonyl (C=O) groups excluding carboxylic acids is 2. The molecule has 0 saturated carbocycles. The summed E-state index contributed by atoms with van der Waals surface area (Å²) in [6.45, 7) is 0. The van der Waals surface area contributed by atoms with Gasteiger partial charge in [-0.3, -0.25) is 19.9 Å². The number of nitrogens with one attached hydrogen (secondary N) is 1. The number of hydrogen-bond donors (Lipinski definition) is 2. The Morgan fingerprint density at radius 1 is 1.40 bits per heavy atom. The first kappa shape index (κ1) is 14.7. The summed E-state index contributed by atoms with van der Waals surface area (Å²) in [4.78, 5) is 27.4. The number of amides is 2. The highest BCUT2D eigenvalue weighted by Gasteiger charge is 2.22. The van der Waals surface area contributed by atoms with Gasteiger partial charge in [0.25, 0.3) is 5.91 Å². The van der Waals surface area contributed by atoms with Crippen LogP contribution in [-0.4, -0.2) is 35.2 Å². The van der Waals surface area contributed by atoms with Crippen molar-refractivity contribution >= 4 is 29.1 Å². The lowest BCUT2D eigenvalue weighted by Gasteiger charge is -2.12. The quantitative estimate of drug-likeness (QED) is 0.837. The van der Waals surface area contributed by atoms with E-state index in [0.717, 1.165) is 5.56 Å². The molecule has 1 aromatic carbocycles. The molecule has 2 rings (SSSR count). The van der Waals surface area contributed by atoms with Crippen molar-refractivity contribution in [1.82, 2.24) is 5.32 Å². The molecule has 1 aliphatic heterocycles. The number of rotatable bonds is 5. The third-order valence-electron chi connectivity index (χ3n) is 2.92. The van der Waals surface area contributed by atoms with Gasteiger partial charge in [0.1, 0.15) is 6.04 Å². The van der Waals surface area contributed by atoms with Crippen LogP contribution in [-0.2, 0) is 16.0 Å². The highest BCUT2D eigenvalue weighted by atomic mass is 32.2. The fraction of sp³-hybridized carbons (Fsp3) is 0.357. The summed E-state index contributed by atoms with van der Waals surface area (Å²) in [6, 6.07) is 8.98. The minimum Gasteiger partial charge on any atom is -0.327 e. The topological polar surface area (TPSA) is 84.5 Å². The molecule has 2 atom stereocenters. The summed E-state index contributed by atoms with van der Waals surface area (Å²) < 4.78 is 0. The fourth-order valence-electron chi connectivity index (χ4n) is 1.94. The van der Waals surface area contributed by atoms with E-state index >= 15 is 0 Å². The normalized spacial score (nSPS) is 18.8. The van der Waals surface area contributed by atoms with Crippen LogP contribution in [0.2, 0.25) is 0 Å². The molecule has 0 aromatic heterocycles. The van der Waals surface area contributed by atoms with Crippen molar-refractivity contribution in [2.45, 2.75) is 24.9 Å². The van der Waals surface area contributed by atoms with E-state index in [2.05, 4.69) is 10.3 Å². The molecule has 1 heterocycles. The molecule has 3 N–H and O–H groups in total. The van der Waals surface area contributed by atoms with Gasteiger partial charge in [0.2, 0.25) is 5.91 Å². The standard InChI is InChI=1S/C14H17N3O2S/c15-11(6-10-4-2-1-3-5-10)7-13(18)17-14(19)12-8-20-9-16-12/h1-5,9,11-12H,6-8,15H2,(H,17,18,19)/t11-,12?/m0/s1. The van der Waals surface area contributed by atoms with Crippen LogP contribution in [0.25, 0.3) is 0 Å². The fourth-order valence-corrected chi connectivity index (χ4v) is 2.67. The van der Waals surface area contributed by atoms with Crippen molar-refractivity contribution in [3.8, 4) is 0 Å². The summed E-state index contributed by atoms with van der Waals surface area (Å²) in [5, 5.41) is 2.35. The van der Waals surface area contributed by atoms with Crippen LogP contribution >= 0.6 is 11.8 Å². The predicted molar refractivity (Wildman–Crippen MR) is 80.6 cm³/mol. The second-order valence-corrected chi connectivity index (χ2v) is 5.55. The zero-order chi connectivity index (χ0) is 14.4. The molecule has 0 saturated heterocycles. The van der Waals surface area contributed by atoms with E-state index in [4.69, 9.17) is 5.73 Å². The van der Waals surface area contributed by atoms with Gasteiger partial charge in [0.05, 0.1) is 5.55 Å². The van der Waals surface area contributed by atoms with Gasteiger partial charge < -0.3 is 5.73 Å². The summed E-state index contributed by atoms with van der Waals surface area (Å²) in [5.74, 6) is -0.0940. The van der Waals surface area contributed by atoms with E-state index in [1.807, 2.05) is 30.3 Å². The highest BCUT2D eigenvalue weighted by Crippen LogP contribution is 2.11. The average molecular weight is 291 g/mol. The molecule has 2 amide bonds. The summed E-state index contributed by atoms with van der Waals surface area (Å²) in [5.41, 5.74) is 8.64. The van der Waals surface area contributed by atoms with E-state index < -0.39 is 6.04 Å². The molecule has 20 heavy (non-hydrogen) atoms. The minimum absolute atomic E-state index is 0.129. The lowest BCUT2D eigenvalue weighted by Crippen LogP contribution is -2.41. The van der Waals surface area contributed by atoms with Crippen LogP contribution in [0.15, 0.2) is 35.3 Å². The molecule has 6 heteroatoms. The number of hydrogen-bond acceptors (Lipinski definition) is 5. The Kier molecular flexibility index (Phi) is 5.31. The number of aliphatic imine (C=N–C) groups is 1. The third kappa shape index (κ3) is 4.47. The molecule has 1 unspecified atom stereocenters. The molecule has 0 radical (unpaired) electrons. The molecule has 1 aromatic rings. The molecule has 5 nitrogen and oxygen atoms in total. The summed E-state index contributed by atoms with van der Waals surface area (Å²) in [6.07, 6.45) is 0.740. The lowest BCUT2D eigenvalue weighted by atomic mass is 10.0.